The van der Waals surface area contributed by atoms with Crippen molar-refractivity contribution in [3.8, 4) is 0 Å². The number of carbonyl (C=O) groups excluding carboxylic acids is 2. The maximum Gasteiger partial charge on any atom is 0.271 e. The summed E-state index contributed by atoms with van der Waals surface area (Å²) in [6, 6.07) is 3.71. The van der Waals surface area contributed by atoms with Crippen LogP contribution in [0.2, 0.25) is 0 Å². The van der Waals surface area contributed by atoms with Crippen LogP contribution in [0.25, 0.3) is 11.1 Å². The molecule has 2 fully saturated rings. The minimum atomic E-state index is -0.117. The van der Waals surface area contributed by atoms with Crippen molar-refractivity contribution in [1.82, 2.24) is 15.2 Å². The summed E-state index contributed by atoms with van der Waals surface area (Å²) in [6.07, 6.45) is 5.70. The SMILES string of the molecule is O=C1CN(C(=O)c2cc3occc3[nH]2)C2CCCCC2N1. The highest BCUT2D eigenvalue weighted by atomic mass is 16.3. The summed E-state index contributed by atoms with van der Waals surface area (Å²) >= 11 is 0. The average molecular weight is 287 g/mol. The zero-order chi connectivity index (χ0) is 14.4. The largest absolute Gasteiger partial charge is 0.463 e. The standard InChI is InChI=1S/C15H17N3O3/c19-14-8-18(12-4-2-1-3-9(12)17-14)15(20)11-7-13-10(16-11)5-6-21-13/h5-7,9,12,16H,1-4,8H2,(H,17,19). The van der Waals surface area contributed by atoms with Crippen LogP contribution in [0.4, 0.5) is 0 Å². The maximum absolute atomic E-state index is 12.7. The van der Waals surface area contributed by atoms with Crippen LogP contribution in [0.15, 0.2) is 22.8 Å². The maximum atomic E-state index is 12.7. The minimum absolute atomic E-state index is 0.0678. The van der Waals surface area contributed by atoms with Gasteiger partial charge in [-0.2, -0.15) is 0 Å². The Balaban J connectivity index is 1.64. The summed E-state index contributed by atoms with van der Waals surface area (Å²) in [5, 5.41) is 3.01. The van der Waals surface area contributed by atoms with Crippen molar-refractivity contribution in [1.29, 1.82) is 0 Å². The lowest BCUT2D eigenvalue weighted by atomic mass is 9.87. The van der Waals surface area contributed by atoms with Crippen LogP contribution in [-0.4, -0.2) is 40.3 Å². The number of piperazine rings is 1. The number of hydrogen-bond acceptors (Lipinski definition) is 3. The third-order valence-corrected chi connectivity index (χ3v) is 4.52. The van der Waals surface area contributed by atoms with Crippen LogP contribution in [0.3, 0.4) is 0 Å². The van der Waals surface area contributed by atoms with Crippen molar-refractivity contribution < 1.29 is 14.0 Å². The normalized spacial score (nSPS) is 25.7. The minimum Gasteiger partial charge on any atom is -0.463 e. The fraction of sp³-hybridized carbons (Fsp3) is 0.467. The molecule has 1 aliphatic carbocycles. The van der Waals surface area contributed by atoms with Gasteiger partial charge in [-0.05, 0) is 12.8 Å². The van der Waals surface area contributed by atoms with Crippen molar-refractivity contribution in [3.63, 3.8) is 0 Å². The summed E-state index contributed by atoms with van der Waals surface area (Å²) in [4.78, 5) is 29.4. The third kappa shape index (κ3) is 2.02. The van der Waals surface area contributed by atoms with Crippen LogP contribution in [0.1, 0.15) is 36.2 Å². The van der Waals surface area contributed by atoms with E-state index in [1.54, 1.807) is 23.3 Å². The molecule has 2 amide bonds. The van der Waals surface area contributed by atoms with Crippen molar-refractivity contribution in [3.05, 3.63) is 24.1 Å². The van der Waals surface area contributed by atoms with E-state index in [0.29, 0.717) is 11.3 Å². The number of amides is 2. The molecule has 1 saturated carbocycles. The first kappa shape index (κ1) is 12.5. The van der Waals surface area contributed by atoms with E-state index in [0.717, 1.165) is 31.2 Å². The monoisotopic (exact) mass is 287 g/mol. The van der Waals surface area contributed by atoms with E-state index in [2.05, 4.69) is 10.3 Å². The van der Waals surface area contributed by atoms with Gasteiger partial charge in [0, 0.05) is 18.2 Å². The molecule has 2 atom stereocenters. The zero-order valence-electron chi connectivity index (χ0n) is 11.6. The highest BCUT2D eigenvalue weighted by Crippen LogP contribution is 2.27. The van der Waals surface area contributed by atoms with Gasteiger partial charge in [-0.15, -0.1) is 0 Å². The second-order valence-corrected chi connectivity index (χ2v) is 5.84. The lowest BCUT2D eigenvalue weighted by molar-refractivity contribution is -0.127. The molecule has 1 saturated heterocycles. The van der Waals surface area contributed by atoms with Gasteiger partial charge < -0.3 is 19.6 Å². The van der Waals surface area contributed by atoms with E-state index < -0.39 is 0 Å². The molecule has 4 rings (SSSR count). The molecule has 2 aromatic heterocycles. The molecular weight excluding hydrogens is 270 g/mol. The molecule has 110 valence electrons. The molecule has 0 bridgehead atoms. The highest BCUT2D eigenvalue weighted by molar-refractivity contribution is 5.99. The molecule has 6 nitrogen and oxygen atoms in total. The summed E-state index contributed by atoms with van der Waals surface area (Å²) in [5.74, 6) is -0.185. The van der Waals surface area contributed by atoms with Gasteiger partial charge in [0.15, 0.2) is 5.58 Å². The molecule has 2 aromatic rings. The zero-order valence-corrected chi connectivity index (χ0v) is 11.6. The van der Waals surface area contributed by atoms with Gasteiger partial charge >= 0.3 is 0 Å². The predicted molar refractivity (Wildman–Crippen MR) is 75.8 cm³/mol. The molecule has 21 heavy (non-hydrogen) atoms. The molecule has 3 heterocycles. The topological polar surface area (TPSA) is 78.3 Å². The number of aromatic amines is 1. The Morgan fingerprint density at radius 1 is 1.33 bits per heavy atom. The smallest absolute Gasteiger partial charge is 0.271 e. The molecule has 0 aromatic carbocycles. The van der Waals surface area contributed by atoms with E-state index in [4.69, 9.17) is 4.42 Å². The Morgan fingerprint density at radius 3 is 3.05 bits per heavy atom. The summed E-state index contributed by atoms with van der Waals surface area (Å²) in [5.41, 5.74) is 1.96. The molecule has 1 aliphatic heterocycles. The fourth-order valence-corrected chi connectivity index (χ4v) is 3.52. The van der Waals surface area contributed by atoms with Gasteiger partial charge in [0.25, 0.3) is 5.91 Å². The van der Waals surface area contributed by atoms with Crippen molar-refractivity contribution in [2.45, 2.75) is 37.8 Å². The first-order chi connectivity index (χ1) is 10.2. The molecular formula is C15H17N3O3. The summed E-state index contributed by atoms with van der Waals surface area (Å²) in [6.45, 7) is 0.139. The number of nitrogens with zero attached hydrogens (tertiary/aromatic N) is 1. The molecule has 2 N–H and O–H groups in total. The third-order valence-electron chi connectivity index (χ3n) is 4.52. The van der Waals surface area contributed by atoms with Gasteiger partial charge in [-0.25, -0.2) is 0 Å². The van der Waals surface area contributed by atoms with E-state index >= 15 is 0 Å². The second-order valence-electron chi connectivity index (χ2n) is 5.84. The van der Waals surface area contributed by atoms with Crippen LogP contribution in [0.5, 0.6) is 0 Å². The Hall–Kier alpha value is -2.24. The molecule has 6 heteroatoms. The molecule has 0 radical (unpaired) electrons. The highest BCUT2D eigenvalue weighted by Gasteiger charge is 2.39. The molecule has 2 aliphatic rings. The number of hydrogen-bond donors (Lipinski definition) is 2. The first-order valence-electron chi connectivity index (χ1n) is 7.39. The number of H-pyrrole nitrogens is 1. The number of carbonyl (C=O) groups is 2. The van der Waals surface area contributed by atoms with Gasteiger partial charge in [0.05, 0.1) is 17.8 Å². The van der Waals surface area contributed by atoms with E-state index in [-0.39, 0.29) is 30.4 Å². The number of nitrogens with one attached hydrogen (secondary N) is 2. The Morgan fingerprint density at radius 2 is 2.19 bits per heavy atom. The van der Waals surface area contributed by atoms with Gasteiger partial charge in [0.2, 0.25) is 5.91 Å². The molecule has 0 spiro atoms. The van der Waals surface area contributed by atoms with Crippen molar-refractivity contribution >= 4 is 22.9 Å². The number of aromatic nitrogens is 1. The summed E-state index contributed by atoms with van der Waals surface area (Å²) in [7, 11) is 0. The lowest BCUT2D eigenvalue weighted by Gasteiger charge is -2.43. The van der Waals surface area contributed by atoms with Crippen LogP contribution < -0.4 is 5.32 Å². The first-order valence-corrected chi connectivity index (χ1v) is 7.39. The quantitative estimate of drug-likeness (QED) is 0.837. The van der Waals surface area contributed by atoms with E-state index in [1.807, 2.05) is 0 Å². The lowest BCUT2D eigenvalue weighted by Crippen LogP contribution is -2.62. The van der Waals surface area contributed by atoms with Crippen molar-refractivity contribution in [2.75, 3.05) is 6.54 Å². The van der Waals surface area contributed by atoms with E-state index in [1.165, 1.54) is 0 Å². The van der Waals surface area contributed by atoms with Crippen LogP contribution >= 0.6 is 0 Å². The number of furan rings is 1. The Kier molecular flexibility index (Phi) is 2.77. The van der Waals surface area contributed by atoms with Gasteiger partial charge in [0.1, 0.15) is 12.2 Å². The molecule has 2 unspecified atom stereocenters. The second kappa shape index (κ2) is 4.65. The predicted octanol–water partition coefficient (Wildman–Crippen LogP) is 1.64. The fourth-order valence-electron chi connectivity index (χ4n) is 3.52. The van der Waals surface area contributed by atoms with Gasteiger partial charge in [-0.1, -0.05) is 12.8 Å². The average Bonchev–Trinajstić information content (AvgIpc) is 3.06. The number of fused-ring (bicyclic) bond motifs is 2. The Labute approximate surface area is 121 Å². The van der Waals surface area contributed by atoms with Crippen LogP contribution in [-0.2, 0) is 4.79 Å². The Bertz CT molecular complexity index is 673. The van der Waals surface area contributed by atoms with Crippen molar-refractivity contribution in [2.24, 2.45) is 0 Å². The number of rotatable bonds is 1. The van der Waals surface area contributed by atoms with Gasteiger partial charge in [-0.3, -0.25) is 9.59 Å². The van der Waals surface area contributed by atoms with E-state index in [9.17, 15) is 9.59 Å². The van der Waals surface area contributed by atoms with Crippen LogP contribution in [0, 0.1) is 0 Å². The summed E-state index contributed by atoms with van der Waals surface area (Å²) < 4.78 is 5.28.